The van der Waals surface area contributed by atoms with E-state index in [1.165, 1.54) is 0 Å². The number of rotatable bonds is 6. The van der Waals surface area contributed by atoms with E-state index in [1.54, 1.807) is 6.07 Å². The number of benzene rings is 3. The summed E-state index contributed by atoms with van der Waals surface area (Å²) >= 11 is 0. The first-order chi connectivity index (χ1) is 14.2. The molecule has 0 aliphatic carbocycles. The fourth-order valence-corrected chi connectivity index (χ4v) is 3.17. The summed E-state index contributed by atoms with van der Waals surface area (Å²) in [4.78, 5) is 24.3. The van der Waals surface area contributed by atoms with E-state index in [2.05, 4.69) is 5.32 Å². The van der Waals surface area contributed by atoms with Gasteiger partial charge < -0.3 is 16.2 Å². The third kappa shape index (κ3) is 4.77. The van der Waals surface area contributed by atoms with Crippen LogP contribution in [0.15, 0.2) is 66.7 Å². The lowest BCUT2D eigenvalue weighted by Gasteiger charge is -2.19. The van der Waals surface area contributed by atoms with Crippen LogP contribution in [0, 0.1) is 0 Å². The Morgan fingerprint density at radius 1 is 0.967 bits per heavy atom. The second-order valence-electron chi connectivity index (χ2n) is 6.83. The summed E-state index contributed by atoms with van der Waals surface area (Å²) in [5.41, 5.74) is 5.27. The number of nitrogens with one attached hydrogen (secondary N) is 1. The van der Waals surface area contributed by atoms with Crippen molar-refractivity contribution in [3.63, 3.8) is 0 Å². The maximum absolute atomic E-state index is 12.7. The number of primary amides is 1. The third-order valence-electron chi connectivity index (χ3n) is 4.77. The Labute approximate surface area is 170 Å². The Hall–Kier alpha value is -3.39. The Morgan fingerprint density at radius 2 is 1.60 bits per heavy atom. The molecule has 3 aromatic carbocycles. The van der Waals surface area contributed by atoms with Crippen LogP contribution in [-0.4, -0.2) is 23.0 Å². The van der Waals surface area contributed by atoms with Crippen LogP contribution in [0.5, 0.6) is 0 Å². The molecule has 0 aromatic heterocycles. The lowest BCUT2D eigenvalue weighted by molar-refractivity contribution is -0.137. The summed E-state index contributed by atoms with van der Waals surface area (Å²) in [6, 6.07) is 15.5. The quantitative estimate of drug-likeness (QED) is 0.577. The van der Waals surface area contributed by atoms with E-state index in [9.17, 15) is 27.9 Å². The molecule has 0 heterocycles. The molecule has 0 fully saturated rings. The van der Waals surface area contributed by atoms with Crippen molar-refractivity contribution >= 4 is 22.6 Å². The zero-order valence-corrected chi connectivity index (χ0v) is 15.7. The predicted molar refractivity (Wildman–Crippen MR) is 105 cm³/mol. The molecule has 30 heavy (non-hydrogen) atoms. The molecule has 4 N–H and O–H groups in total. The highest BCUT2D eigenvalue weighted by atomic mass is 19.4. The topological polar surface area (TPSA) is 92.4 Å². The second kappa shape index (κ2) is 8.54. The van der Waals surface area contributed by atoms with E-state index in [0.717, 1.165) is 40.6 Å². The van der Waals surface area contributed by atoms with Gasteiger partial charge in [-0.15, -0.1) is 0 Å². The fourth-order valence-electron chi connectivity index (χ4n) is 3.17. The Morgan fingerprint density at radius 3 is 2.23 bits per heavy atom. The van der Waals surface area contributed by atoms with Crippen LogP contribution in [0.4, 0.5) is 13.2 Å². The van der Waals surface area contributed by atoms with Crippen molar-refractivity contribution in [1.29, 1.82) is 0 Å². The highest BCUT2D eigenvalue weighted by Crippen LogP contribution is 2.30. The van der Waals surface area contributed by atoms with Crippen molar-refractivity contribution in [1.82, 2.24) is 5.32 Å². The minimum absolute atomic E-state index is 0.0334. The molecule has 3 rings (SSSR count). The smallest absolute Gasteiger partial charge is 0.378 e. The van der Waals surface area contributed by atoms with Gasteiger partial charge in [0.05, 0.1) is 5.56 Å². The van der Waals surface area contributed by atoms with Crippen LogP contribution in [0.25, 0.3) is 10.8 Å². The molecule has 5 nitrogen and oxygen atoms in total. The summed E-state index contributed by atoms with van der Waals surface area (Å²) in [7, 11) is 0. The minimum atomic E-state index is -4.53. The molecule has 0 aliphatic rings. The summed E-state index contributed by atoms with van der Waals surface area (Å²) < 4.78 is 38.0. The molecule has 156 valence electrons. The summed E-state index contributed by atoms with van der Waals surface area (Å²) in [6.45, 7) is 0. The maximum atomic E-state index is 12.7. The van der Waals surface area contributed by atoms with Gasteiger partial charge in [0.25, 0.3) is 5.91 Å². The molecule has 0 saturated carbocycles. The van der Waals surface area contributed by atoms with Gasteiger partial charge in [-0.3, -0.25) is 9.59 Å². The molecule has 0 spiro atoms. The summed E-state index contributed by atoms with van der Waals surface area (Å²) in [5, 5.41) is 14.4. The van der Waals surface area contributed by atoms with E-state index in [-0.39, 0.29) is 12.0 Å². The van der Waals surface area contributed by atoms with Crippen LogP contribution >= 0.6 is 0 Å². The number of carbonyl (C=O) groups excluding carboxylic acids is 2. The molecule has 3 aromatic rings. The molecular weight excluding hydrogens is 397 g/mol. The Kier molecular flexibility index (Phi) is 6.07. The van der Waals surface area contributed by atoms with Crippen molar-refractivity contribution in [2.45, 2.75) is 24.7 Å². The number of carbonyl (C=O) groups is 2. The number of amides is 2. The molecular formula is C22H19F3N2O3. The van der Waals surface area contributed by atoms with E-state index < -0.39 is 35.7 Å². The van der Waals surface area contributed by atoms with E-state index >= 15 is 0 Å². The van der Waals surface area contributed by atoms with Gasteiger partial charge in [-0.05, 0) is 34.0 Å². The van der Waals surface area contributed by atoms with Crippen LogP contribution in [0.1, 0.15) is 22.8 Å². The highest BCUT2D eigenvalue weighted by molar-refractivity contribution is 5.91. The number of hydrogen-bond acceptors (Lipinski definition) is 3. The Bertz CT molecular complexity index is 1060. The van der Waals surface area contributed by atoms with Gasteiger partial charge in [0, 0.05) is 6.42 Å². The monoisotopic (exact) mass is 416 g/mol. The highest BCUT2D eigenvalue weighted by Gasteiger charge is 2.31. The van der Waals surface area contributed by atoms with Gasteiger partial charge in [0.2, 0.25) is 5.91 Å². The van der Waals surface area contributed by atoms with Crippen molar-refractivity contribution in [2.24, 2.45) is 5.73 Å². The van der Waals surface area contributed by atoms with Crippen LogP contribution in [-0.2, 0) is 22.2 Å². The molecule has 0 aliphatic heterocycles. The van der Waals surface area contributed by atoms with Crippen molar-refractivity contribution in [3.8, 4) is 0 Å². The number of hydrogen-bond donors (Lipinski definition) is 3. The fraction of sp³-hybridized carbons (Fsp3) is 0.182. The lowest BCUT2D eigenvalue weighted by Crippen LogP contribution is -2.47. The third-order valence-corrected chi connectivity index (χ3v) is 4.77. The number of aliphatic hydroxyl groups excluding tert-OH is 1. The average molecular weight is 416 g/mol. The van der Waals surface area contributed by atoms with E-state index in [4.69, 9.17) is 5.73 Å². The van der Waals surface area contributed by atoms with Gasteiger partial charge in [-0.25, -0.2) is 0 Å². The lowest BCUT2D eigenvalue weighted by atomic mass is 9.98. The zero-order chi connectivity index (χ0) is 21.9. The molecule has 0 saturated heterocycles. The number of halogens is 3. The van der Waals surface area contributed by atoms with E-state index in [0.29, 0.717) is 0 Å². The zero-order valence-electron chi connectivity index (χ0n) is 15.7. The standard InChI is InChI=1S/C22H19F3N2O3/c23-22(24,25)16-10-8-14(9-11-16)19(28)21(30)27-18(20(26)29)12-15-6-3-5-13-4-1-2-7-17(13)15/h1-11,18-19,28H,12H2,(H2,26,29)(H,27,30)/t18-,19+/m0/s1. The first-order valence-electron chi connectivity index (χ1n) is 9.08. The largest absolute Gasteiger partial charge is 0.416 e. The summed E-state index contributed by atoms with van der Waals surface area (Å²) in [6.07, 6.45) is -6.18. The van der Waals surface area contributed by atoms with Crippen molar-refractivity contribution in [3.05, 3.63) is 83.4 Å². The van der Waals surface area contributed by atoms with Gasteiger partial charge in [-0.1, -0.05) is 54.6 Å². The van der Waals surface area contributed by atoms with Crippen LogP contribution in [0.2, 0.25) is 0 Å². The first-order valence-corrected chi connectivity index (χ1v) is 9.08. The number of alkyl halides is 3. The Balaban J connectivity index is 1.76. The maximum Gasteiger partial charge on any atom is 0.416 e. The molecule has 0 unspecified atom stereocenters. The van der Waals surface area contributed by atoms with Gasteiger partial charge >= 0.3 is 6.18 Å². The SMILES string of the molecule is NC(=O)[C@H](Cc1cccc2ccccc12)NC(=O)[C@H](O)c1ccc(C(F)(F)F)cc1. The normalized spacial score (nSPS) is 13.6. The van der Waals surface area contributed by atoms with Crippen molar-refractivity contribution in [2.75, 3.05) is 0 Å². The molecule has 0 bridgehead atoms. The van der Waals surface area contributed by atoms with Gasteiger partial charge in [-0.2, -0.15) is 13.2 Å². The van der Waals surface area contributed by atoms with Crippen LogP contribution < -0.4 is 11.1 Å². The van der Waals surface area contributed by atoms with Crippen LogP contribution in [0.3, 0.4) is 0 Å². The number of fused-ring (bicyclic) bond motifs is 1. The van der Waals surface area contributed by atoms with E-state index in [1.807, 2.05) is 36.4 Å². The first kappa shape index (κ1) is 21.3. The number of aliphatic hydroxyl groups is 1. The molecule has 2 atom stereocenters. The van der Waals surface area contributed by atoms with Gasteiger partial charge in [0.1, 0.15) is 6.04 Å². The van der Waals surface area contributed by atoms with Crippen molar-refractivity contribution < 1.29 is 27.9 Å². The average Bonchev–Trinajstić information content (AvgIpc) is 2.72. The second-order valence-corrected chi connectivity index (χ2v) is 6.83. The summed E-state index contributed by atoms with van der Waals surface area (Å²) in [5.74, 6) is -1.73. The minimum Gasteiger partial charge on any atom is -0.378 e. The number of nitrogens with two attached hydrogens (primary N) is 1. The molecule has 8 heteroatoms. The van der Waals surface area contributed by atoms with Gasteiger partial charge in [0.15, 0.2) is 6.10 Å². The molecule has 2 amide bonds. The predicted octanol–water partition coefficient (Wildman–Crippen LogP) is 3.10. The molecule has 0 radical (unpaired) electrons.